The maximum Gasteiger partial charge on any atom is 0.229 e. The van der Waals surface area contributed by atoms with Crippen LogP contribution in [0, 0.1) is 16.7 Å². The fourth-order valence-corrected chi connectivity index (χ4v) is 5.34. The van der Waals surface area contributed by atoms with E-state index in [1.54, 1.807) is 17.1 Å². The lowest BCUT2D eigenvalue weighted by molar-refractivity contribution is -0.133. The quantitative estimate of drug-likeness (QED) is 0.776. The minimum atomic E-state index is -1.34. The number of hydrogen-bond donors (Lipinski definition) is 1. The zero-order chi connectivity index (χ0) is 22.2. The Morgan fingerprint density at radius 2 is 1.84 bits per heavy atom. The smallest absolute Gasteiger partial charge is 0.229 e. The summed E-state index contributed by atoms with van der Waals surface area (Å²) >= 11 is 6.47. The van der Waals surface area contributed by atoms with Crippen LogP contribution < -0.4 is 10.2 Å². The number of alkyl halides is 1. The lowest BCUT2D eigenvalue weighted by Gasteiger charge is -2.29. The fraction of sp³-hybridized carbons (Fsp3) is 0.619. The fourth-order valence-electron chi connectivity index (χ4n) is 5.13. The van der Waals surface area contributed by atoms with Crippen LogP contribution in [0.25, 0.3) is 0 Å². The summed E-state index contributed by atoms with van der Waals surface area (Å²) in [5.41, 5.74) is -0.804. The van der Waals surface area contributed by atoms with E-state index in [-0.39, 0.29) is 16.7 Å². The van der Waals surface area contributed by atoms with Gasteiger partial charge >= 0.3 is 0 Å². The van der Waals surface area contributed by atoms with Crippen molar-refractivity contribution in [2.75, 3.05) is 36.4 Å². The zero-order valence-electron chi connectivity index (χ0n) is 18.2. The van der Waals surface area contributed by atoms with Gasteiger partial charge in [-0.15, -0.1) is 0 Å². The highest BCUT2D eigenvalue weighted by Gasteiger charge is 2.63. The highest BCUT2D eigenvalue weighted by Crippen LogP contribution is 2.55. The summed E-state index contributed by atoms with van der Waals surface area (Å²) < 4.78 is 15.8. The number of halogens is 2. The highest BCUT2D eigenvalue weighted by molar-refractivity contribution is 6.32. The van der Waals surface area contributed by atoms with Crippen LogP contribution >= 0.6 is 11.6 Å². The molecule has 8 nitrogen and oxygen atoms in total. The monoisotopic (exact) mass is 447 g/mol. The molecule has 0 radical (unpaired) electrons. The average molecular weight is 448 g/mol. The lowest BCUT2D eigenvalue weighted by atomic mass is 9.71. The molecular formula is C21H27ClFN7O. The molecule has 2 saturated heterocycles. The van der Waals surface area contributed by atoms with Crippen LogP contribution in [0.5, 0.6) is 0 Å². The largest absolute Gasteiger partial charge is 0.354 e. The van der Waals surface area contributed by atoms with Gasteiger partial charge in [0.25, 0.3) is 0 Å². The van der Waals surface area contributed by atoms with Crippen molar-refractivity contribution >= 4 is 35.0 Å². The predicted octanol–water partition coefficient (Wildman–Crippen LogP) is 3.03. The van der Waals surface area contributed by atoms with Crippen molar-refractivity contribution in [1.82, 2.24) is 24.6 Å². The lowest BCUT2D eigenvalue weighted by Crippen LogP contribution is -2.37. The Kier molecular flexibility index (Phi) is 4.32. The van der Waals surface area contributed by atoms with E-state index in [2.05, 4.69) is 39.1 Å². The number of fused-ring (bicyclic) bond motifs is 1. The van der Waals surface area contributed by atoms with Gasteiger partial charge < -0.3 is 15.1 Å². The number of nitrogens with one attached hydrogen (secondary N) is 1. The third-order valence-corrected chi connectivity index (χ3v) is 7.65. The summed E-state index contributed by atoms with van der Waals surface area (Å²) in [4.78, 5) is 25.8. The first kappa shape index (κ1) is 20.5. The molecule has 3 fully saturated rings. The number of hydrogen-bond acceptors (Lipinski definition) is 6. The van der Waals surface area contributed by atoms with Gasteiger partial charge in [0, 0.05) is 50.3 Å². The Morgan fingerprint density at radius 3 is 2.39 bits per heavy atom. The molecule has 5 rings (SSSR count). The molecule has 1 amide bonds. The van der Waals surface area contributed by atoms with Crippen molar-refractivity contribution in [3.05, 3.63) is 23.6 Å². The van der Waals surface area contributed by atoms with Gasteiger partial charge in [0.05, 0.1) is 24.0 Å². The van der Waals surface area contributed by atoms with Crippen LogP contribution in [0.15, 0.2) is 18.6 Å². The number of nitrogens with zero attached hydrogens (tertiary/aromatic N) is 6. The number of aryl methyl sites for hydroxylation is 1. The maximum absolute atomic E-state index is 14.1. The molecule has 31 heavy (non-hydrogen) atoms. The number of rotatable bonds is 4. The first-order valence-electron chi connectivity index (χ1n) is 10.5. The Hall–Kier alpha value is -2.42. The van der Waals surface area contributed by atoms with E-state index in [0.29, 0.717) is 49.4 Å². The third-order valence-electron chi connectivity index (χ3n) is 7.38. The molecule has 3 aliphatic rings. The summed E-state index contributed by atoms with van der Waals surface area (Å²) in [5.74, 6) is 0.604. The first-order chi connectivity index (χ1) is 14.5. The van der Waals surface area contributed by atoms with E-state index < -0.39 is 11.6 Å². The molecule has 10 heteroatoms. The molecule has 4 heterocycles. The topological polar surface area (TPSA) is 79.2 Å². The Bertz CT molecular complexity index is 1040. The van der Waals surface area contributed by atoms with Crippen molar-refractivity contribution < 1.29 is 9.18 Å². The SMILES string of the molecule is Cn1cc(Nc2ncc(Cl)c(N3C[C@]4(C)CN(C(=O)[C@H]5CC5(C)F)C[C@]4(C)C3)n2)cn1. The second-order valence-electron chi connectivity index (χ2n) is 10.1. The molecule has 2 aliphatic heterocycles. The summed E-state index contributed by atoms with van der Waals surface area (Å²) in [7, 11) is 1.84. The normalized spacial score (nSPS) is 34.2. The van der Waals surface area contributed by atoms with Crippen molar-refractivity contribution in [3.8, 4) is 0 Å². The second kappa shape index (κ2) is 6.54. The maximum atomic E-state index is 14.1. The van der Waals surface area contributed by atoms with E-state index in [9.17, 15) is 9.18 Å². The van der Waals surface area contributed by atoms with Gasteiger partial charge in [0.15, 0.2) is 5.82 Å². The minimum Gasteiger partial charge on any atom is -0.354 e. The molecule has 1 saturated carbocycles. The molecule has 0 aromatic carbocycles. The van der Waals surface area contributed by atoms with Crippen molar-refractivity contribution in [2.45, 2.75) is 32.9 Å². The average Bonchev–Trinajstić information content (AvgIpc) is 2.92. The van der Waals surface area contributed by atoms with Crippen LogP contribution in [-0.4, -0.2) is 62.4 Å². The molecule has 2 aromatic rings. The standard InChI is InChI=1S/C21H27ClFN7O/c1-19-9-29(10-20(19,2)12-30(11-19)17(31)14-5-21(14,3)23)16-15(22)7-24-18(27-16)26-13-6-25-28(4)8-13/h6-8,14H,5,9-12H2,1-4H3,(H,24,26,27)/t14-,19-,20+,21?/m1/s1. The summed E-state index contributed by atoms with van der Waals surface area (Å²) in [5, 5.41) is 7.78. The minimum absolute atomic E-state index is 0.0450. The number of amides is 1. The zero-order valence-corrected chi connectivity index (χ0v) is 18.9. The van der Waals surface area contributed by atoms with Crippen LogP contribution in [0.2, 0.25) is 5.02 Å². The molecule has 0 bridgehead atoms. The van der Waals surface area contributed by atoms with Crippen molar-refractivity contribution in [2.24, 2.45) is 23.8 Å². The van der Waals surface area contributed by atoms with Gasteiger partial charge in [-0.3, -0.25) is 9.48 Å². The van der Waals surface area contributed by atoms with Crippen molar-refractivity contribution in [1.29, 1.82) is 0 Å². The molecule has 1 N–H and O–H groups in total. The van der Waals surface area contributed by atoms with Crippen molar-refractivity contribution in [3.63, 3.8) is 0 Å². The van der Waals surface area contributed by atoms with E-state index >= 15 is 0 Å². The van der Waals surface area contributed by atoms with Crippen LogP contribution in [0.4, 0.5) is 21.8 Å². The number of likely N-dealkylation sites (tertiary alicyclic amines) is 1. The molecule has 1 aliphatic carbocycles. The predicted molar refractivity (Wildman–Crippen MR) is 116 cm³/mol. The number of aromatic nitrogens is 4. The summed E-state index contributed by atoms with van der Waals surface area (Å²) in [6.45, 7) is 8.59. The Morgan fingerprint density at radius 1 is 1.19 bits per heavy atom. The van der Waals surface area contributed by atoms with E-state index in [4.69, 9.17) is 11.6 Å². The van der Waals surface area contributed by atoms with Gasteiger partial charge in [-0.1, -0.05) is 25.4 Å². The van der Waals surface area contributed by atoms with Crippen LogP contribution in [-0.2, 0) is 11.8 Å². The molecular weight excluding hydrogens is 421 g/mol. The van der Waals surface area contributed by atoms with Gasteiger partial charge in [-0.05, 0) is 13.3 Å². The summed E-state index contributed by atoms with van der Waals surface area (Å²) in [6.07, 6.45) is 5.49. The van der Waals surface area contributed by atoms with Gasteiger partial charge in [-0.2, -0.15) is 10.1 Å². The summed E-state index contributed by atoms with van der Waals surface area (Å²) in [6, 6.07) is 0. The molecule has 166 valence electrons. The van der Waals surface area contributed by atoms with Crippen LogP contribution in [0.1, 0.15) is 27.2 Å². The highest BCUT2D eigenvalue weighted by atomic mass is 35.5. The van der Waals surface area contributed by atoms with E-state index in [1.165, 1.54) is 6.92 Å². The van der Waals surface area contributed by atoms with E-state index in [1.807, 2.05) is 18.1 Å². The van der Waals surface area contributed by atoms with Gasteiger partial charge in [0.2, 0.25) is 11.9 Å². The Balaban J connectivity index is 1.34. The Labute approximate surface area is 185 Å². The van der Waals surface area contributed by atoms with E-state index in [0.717, 1.165) is 5.69 Å². The number of carbonyl (C=O) groups is 1. The second-order valence-corrected chi connectivity index (χ2v) is 10.5. The first-order valence-corrected chi connectivity index (χ1v) is 10.9. The van der Waals surface area contributed by atoms with Crippen LogP contribution in [0.3, 0.4) is 0 Å². The molecule has 0 spiro atoms. The molecule has 4 atom stereocenters. The number of carbonyl (C=O) groups excluding carboxylic acids is 1. The molecule has 1 unspecified atom stereocenters. The van der Waals surface area contributed by atoms with Gasteiger partial charge in [-0.25, -0.2) is 9.37 Å². The number of anilines is 3. The molecule has 2 aromatic heterocycles. The third kappa shape index (κ3) is 3.33. The van der Waals surface area contributed by atoms with Gasteiger partial charge in [0.1, 0.15) is 10.7 Å².